The maximum absolute atomic E-state index is 13.8. The summed E-state index contributed by atoms with van der Waals surface area (Å²) in [5.74, 6) is -4.30. The summed E-state index contributed by atoms with van der Waals surface area (Å²) in [6.45, 7) is 3.16. The highest BCUT2D eigenvalue weighted by Gasteiger charge is 2.48. The quantitative estimate of drug-likeness (QED) is 0.412. The fraction of sp³-hybridized carbons (Fsp3) is 0.409. The Bertz CT molecular complexity index is 1160. The molecule has 2 N–H and O–H groups in total. The fourth-order valence-electron chi connectivity index (χ4n) is 3.77. The Labute approximate surface area is 211 Å². The van der Waals surface area contributed by atoms with Gasteiger partial charge in [-0.25, -0.2) is 17.9 Å². The summed E-state index contributed by atoms with van der Waals surface area (Å²) < 4.78 is 55.1. The first-order chi connectivity index (χ1) is 16.7. The zero-order valence-corrected chi connectivity index (χ0v) is 21.0. The van der Waals surface area contributed by atoms with Gasteiger partial charge in [0.15, 0.2) is 17.5 Å². The van der Waals surface area contributed by atoms with Gasteiger partial charge in [0.25, 0.3) is 0 Å². The topological polar surface area (TPSA) is 103 Å². The predicted octanol–water partition coefficient (Wildman–Crippen LogP) is 3.73. The molecule has 0 saturated carbocycles. The van der Waals surface area contributed by atoms with Crippen LogP contribution in [-0.2, 0) is 9.47 Å². The van der Waals surface area contributed by atoms with Crippen molar-refractivity contribution in [3.8, 4) is 11.3 Å². The van der Waals surface area contributed by atoms with Gasteiger partial charge >= 0.3 is 0 Å². The highest BCUT2D eigenvalue weighted by molar-refractivity contribution is 9.10. The van der Waals surface area contributed by atoms with Crippen LogP contribution in [0.2, 0.25) is 0 Å². The number of aliphatic hydroxyl groups is 2. The third-order valence-electron chi connectivity index (χ3n) is 5.28. The van der Waals surface area contributed by atoms with E-state index < -0.39 is 53.8 Å². The number of hydrogen-bond donors (Lipinski definition) is 2. The van der Waals surface area contributed by atoms with E-state index in [1.54, 1.807) is 12.4 Å². The molecule has 13 heteroatoms. The van der Waals surface area contributed by atoms with Crippen LogP contribution in [0.15, 0.2) is 46.2 Å². The molecule has 5 atom stereocenters. The zero-order valence-electron chi connectivity index (χ0n) is 18.6. The lowest BCUT2D eigenvalue weighted by molar-refractivity contribution is -0.201. The van der Waals surface area contributed by atoms with Crippen LogP contribution in [0, 0.1) is 17.5 Å². The Morgan fingerprint density at radius 1 is 1.20 bits per heavy atom. The third kappa shape index (κ3) is 5.70. The largest absolute Gasteiger partial charge is 0.394 e. The second kappa shape index (κ2) is 10.9. The van der Waals surface area contributed by atoms with Crippen molar-refractivity contribution in [3.63, 3.8) is 0 Å². The average Bonchev–Trinajstić information content (AvgIpc) is 3.28. The molecule has 1 fully saturated rings. The van der Waals surface area contributed by atoms with Gasteiger partial charge in [0.05, 0.1) is 18.9 Å². The number of pyridine rings is 1. The van der Waals surface area contributed by atoms with E-state index in [-0.39, 0.29) is 17.4 Å². The summed E-state index contributed by atoms with van der Waals surface area (Å²) in [6, 6.07) is 2.58. The number of aliphatic hydroxyl groups excluding tert-OH is 2. The van der Waals surface area contributed by atoms with Gasteiger partial charge in [-0.3, -0.25) is 4.98 Å². The number of nitrogens with zero attached hydrogens (tertiary/aromatic N) is 4. The predicted molar refractivity (Wildman–Crippen MR) is 124 cm³/mol. The molecule has 0 spiro atoms. The number of hydrogen-bond acceptors (Lipinski definition) is 8. The van der Waals surface area contributed by atoms with Gasteiger partial charge in [-0.2, -0.15) is 0 Å². The number of aromatic nitrogens is 4. The van der Waals surface area contributed by atoms with Crippen molar-refractivity contribution in [2.24, 2.45) is 0 Å². The molecule has 1 aliphatic rings. The second-order valence-corrected chi connectivity index (χ2v) is 10.2. The molecule has 5 unspecified atom stereocenters. The standard InChI is InChI=1S/C22H22BrF3N4O4S/c1-10(2)33-21-19(30-8-16(28-29-30)11-3-14(24)18(26)15(25)4-11)20(32)17(9-31)34-22(21)35-13-5-12(23)6-27-7-13/h3-8,10,17,19-22,31-32H,9H2,1-2H3. The monoisotopic (exact) mass is 574 g/mol. The zero-order chi connectivity index (χ0) is 25.3. The normalized spacial score (nSPS) is 24.8. The minimum Gasteiger partial charge on any atom is -0.394 e. The van der Waals surface area contributed by atoms with Crippen LogP contribution >= 0.6 is 27.7 Å². The SMILES string of the molecule is CC(C)OC1C(Sc2cncc(Br)c2)OC(CO)C(O)C1n1cc(-c2cc(F)c(F)c(F)c2)nn1. The van der Waals surface area contributed by atoms with E-state index in [1.807, 2.05) is 19.9 Å². The van der Waals surface area contributed by atoms with E-state index in [2.05, 4.69) is 31.2 Å². The lowest BCUT2D eigenvalue weighted by Crippen LogP contribution is -2.56. The summed E-state index contributed by atoms with van der Waals surface area (Å²) in [6.07, 6.45) is 1.39. The molecule has 0 radical (unpaired) electrons. The van der Waals surface area contributed by atoms with Crippen LogP contribution in [0.3, 0.4) is 0 Å². The summed E-state index contributed by atoms with van der Waals surface area (Å²) >= 11 is 4.67. The Morgan fingerprint density at radius 3 is 2.54 bits per heavy atom. The Morgan fingerprint density at radius 2 is 1.91 bits per heavy atom. The molecule has 1 aliphatic heterocycles. The van der Waals surface area contributed by atoms with Crippen molar-refractivity contribution in [1.29, 1.82) is 0 Å². The molecule has 0 aliphatic carbocycles. The second-order valence-electron chi connectivity index (χ2n) is 8.15. The van der Waals surface area contributed by atoms with E-state index >= 15 is 0 Å². The van der Waals surface area contributed by atoms with Gasteiger partial charge < -0.3 is 19.7 Å². The van der Waals surface area contributed by atoms with Crippen molar-refractivity contribution in [1.82, 2.24) is 20.0 Å². The van der Waals surface area contributed by atoms with Gasteiger partial charge in [0.1, 0.15) is 35.5 Å². The van der Waals surface area contributed by atoms with Crippen LogP contribution < -0.4 is 0 Å². The van der Waals surface area contributed by atoms with Crippen LogP contribution in [0.25, 0.3) is 11.3 Å². The molecule has 3 aromatic rings. The first-order valence-electron chi connectivity index (χ1n) is 10.6. The molecule has 0 bridgehead atoms. The number of thioether (sulfide) groups is 1. The summed E-state index contributed by atoms with van der Waals surface area (Å²) in [5, 5.41) is 28.9. The Hall–Kier alpha value is -2.03. The molecule has 35 heavy (non-hydrogen) atoms. The molecule has 1 aromatic carbocycles. The number of halogens is 4. The number of benzene rings is 1. The molecule has 0 amide bonds. The number of rotatable bonds is 7. The minimum atomic E-state index is -1.58. The molecule has 2 aromatic heterocycles. The van der Waals surface area contributed by atoms with Crippen LogP contribution in [0.4, 0.5) is 13.2 Å². The summed E-state index contributed by atoms with van der Waals surface area (Å²) in [7, 11) is 0. The van der Waals surface area contributed by atoms with E-state index in [0.717, 1.165) is 21.5 Å². The first kappa shape index (κ1) is 26.0. The Balaban J connectivity index is 1.71. The summed E-state index contributed by atoms with van der Waals surface area (Å²) in [5.41, 5.74) is -0.654. The number of ether oxygens (including phenoxy) is 2. The molecular weight excluding hydrogens is 553 g/mol. The first-order valence-corrected chi connectivity index (χ1v) is 12.3. The molecule has 4 rings (SSSR count). The van der Waals surface area contributed by atoms with Crippen molar-refractivity contribution in [2.75, 3.05) is 6.61 Å². The smallest absolute Gasteiger partial charge is 0.194 e. The highest BCUT2D eigenvalue weighted by Crippen LogP contribution is 2.40. The summed E-state index contributed by atoms with van der Waals surface area (Å²) in [4.78, 5) is 4.90. The Kier molecular flexibility index (Phi) is 8.13. The lowest BCUT2D eigenvalue weighted by Gasteiger charge is -2.44. The van der Waals surface area contributed by atoms with Gasteiger partial charge in [-0.15, -0.1) is 5.10 Å². The molecular formula is C22H22BrF3N4O4S. The van der Waals surface area contributed by atoms with Crippen LogP contribution in [-0.4, -0.2) is 66.6 Å². The van der Waals surface area contributed by atoms with Crippen molar-refractivity contribution < 1.29 is 32.9 Å². The van der Waals surface area contributed by atoms with Gasteiger partial charge in [-0.05, 0) is 48.0 Å². The third-order valence-corrected chi connectivity index (χ3v) is 6.82. The van der Waals surface area contributed by atoms with Gasteiger partial charge in [-0.1, -0.05) is 17.0 Å². The lowest BCUT2D eigenvalue weighted by atomic mass is 9.97. The fourth-order valence-corrected chi connectivity index (χ4v) is 5.43. The molecule has 8 nitrogen and oxygen atoms in total. The molecule has 3 heterocycles. The van der Waals surface area contributed by atoms with E-state index in [1.165, 1.54) is 22.6 Å². The van der Waals surface area contributed by atoms with E-state index in [0.29, 0.717) is 0 Å². The van der Waals surface area contributed by atoms with Crippen molar-refractivity contribution in [2.45, 2.75) is 54.6 Å². The van der Waals surface area contributed by atoms with E-state index in [4.69, 9.17) is 9.47 Å². The van der Waals surface area contributed by atoms with Crippen molar-refractivity contribution >= 4 is 27.7 Å². The van der Waals surface area contributed by atoms with Crippen molar-refractivity contribution in [3.05, 3.63) is 58.7 Å². The van der Waals surface area contributed by atoms with Gasteiger partial charge in [0, 0.05) is 27.3 Å². The van der Waals surface area contributed by atoms with Crippen LogP contribution in [0.5, 0.6) is 0 Å². The average molecular weight is 575 g/mol. The maximum atomic E-state index is 13.8. The van der Waals surface area contributed by atoms with Crippen LogP contribution in [0.1, 0.15) is 19.9 Å². The maximum Gasteiger partial charge on any atom is 0.194 e. The minimum absolute atomic E-state index is 0.0274. The molecule has 188 valence electrons. The van der Waals surface area contributed by atoms with Gasteiger partial charge in [0.2, 0.25) is 0 Å². The van der Waals surface area contributed by atoms with E-state index in [9.17, 15) is 23.4 Å². The molecule has 1 saturated heterocycles. The highest BCUT2D eigenvalue weighted by atomic mass is 79.9.